The molecule has 2 nitrogen and oxygen atoms in total. The van der Waals surface area contributed by atoms with Gasteiger partial charge in [-0.25, -0.2) is 0 Å². The van der Waals surface area contributed by atoms with Crippen molar-refractivity contribution < 1.29 is 18.6 Å². The summed E-state index contributed by atoms with van der Waals surface area (Å²) in [5.74, 6) is 0. The van der Waals surface area contributed by atoms with Gasteiger partial charge >= 0.3 is 137 Å². The van der Waals surface area contributed by atoms with Crippen LogP contribution in [0.4, 0.5) is 11.4 Å². The predicted molar refractivity (Wildman–Crippen MR) is 88.9 cm³/mol. The van der Waals surface area contributed by atoms with Crippen LogP contribution >= 0.6 is 0 Å². The molecule has 112 valence electrons. The van der Waals surface area contributed by atoms with E-state index in [1.807, 2.05) is 0 Å². The number of benzene rings is 2. The van der Waals surface area contributed by atoms with Crippen molar-refractivity contribution >= 4 is 11.4 Å². The summed E-state index contributed by atoms with van der Waals surface area (Å²) in [6.07, 6.45) is 0. The van der Waals surface area contributed by atoms with E-state index in [9.17, 15) is 0 Å². The van der Waals surface area contributed by atoms with Crippen molar-refractivity contribution in [3.63, 3.8) is 0 Å². The fraction of sp³-hybridized carbons (Fsp3) is 0.333. The summed E-state index contributed by atoms with van der Waals surface area (Å²) in [5.41, 5.74) is 5.71. The van der Waals surface area contributed by atoms with Crippen molar-refractivity contribution in [2.75, 3.05) is 38.0 Å². The van der Waals surface area contributed by atoms with E-state index in [1.54, 1.807) is 0 Å². The van der Waals surface area contributed by atoms with E-state index in [0.29, 0.717) is 0 Å². The molecule has 2 rings (SSSR count). The second-order valence-electron chi connectivity index (χ2n) is 5.54. The number of hydrogen-bond acceptors (Lipinski definition) is 2. The van der Waals surface area contributed by atoms with Crippen molar-refractivity contribution in [1.29, 1.82) is 0 Å². The van der Waals surface area contributed by atoms with Crippen molar-refractivity contribution in [3.8, 4) is 0 Å². The van der Waals surface area contributed by atoms with Gasteiger partial charge < -0.3 is 0 Å². The van der Waals surface area contributed by atoms with Gasteiger partial charge in [-0.1, -0.05) is 0 Å². The van der Waals surface area contributed by atoms with Crippen LogP contribution in [0.3, 0.4) is 0 Å². The van der Waals surface area contributed by atoms with Crippen molar-refractivity contribution in [1.82, 2.24) is 0 Å². The van der Waals surface area contributed by atoms with Crippen LogP contribution < -0.4 is 9.80 Å². The van der Waals surface area contributed by atoms with Crippen molar-refractivity contribution in [3.05, 3.63) is 59.7 Å². The molecular formula is C18H24MoN2. The van der Waals surface area contributed by atoms with Gasteiger partial charge in [-0.05, 0) is 0 Å². The van der Waals surface area contributed by atoms with E-state index in [1.165, 1.54) is 32.1 Å². The normalized spacial score (nSPS) is 10.5. The molecule has 0 saturated heterocycles. The van der Waals surface area contributed by atoms with Crippen LogP contribution in [0, 0.1) is 0 Å². The Morgan fingerprint density at radius 3 is 1.43 bits per heavy atom. The minimum atomic E-state index is -0.0607. The molecule has 0 amide bonds. The fourth-order valence-electron chi connectivity index (χ4n) is 2.41. The number of para-hydroxylation sites is 2. The minimum absolute atomic E-state index is 0.0607. The third kappa shape index (κ3) is 4.35. The molecule has 0 aliphatic carbocycles. The fourth-order valence-corrected chi connectivity index (χ4v) is 4.94. The van der Waals surface area contributed by atoms with E-state index in [2.05, 4.69) is 86.5 Å². The number of nitrogens with zero attached hydrogens (tertiary/aromatic N) is 2. The Labute approximate surface area is 137 Å². The second kappa shape index (κ2) is 7.66. The maximum atomic E-state index is 2.28. The van der Waals surface area contributed by atoms with E-state index in [4.69, 9.17) is 0 Å². The summed E-state index contributed by atoms with van der Waals surface area (Å²) in [6.45, 7) is 0. The van der Waals surface area contributed by atoms with E-state index < -0.39 is 0 Å². The molecule has 2 aromatic carbocycles. The maximum absolute atomic E-state index is 2.28. The summed E-state index contributed by atoms with van der Waals surface area (Å²) in [7, 11) is 8.50. The summed E-state index contributed by atoms with van der Waals surface area (Å²) >= 11 is -0.0607. The third-order valence-corrected chi connectivity index (χ3v) is 5.99. The Hall–Kier alpha value is -1.27. The Morgan fingerprint density at radius 2 is 1.05 bits per heavy atom. The molecule has 0 aromatic heterocycles. The molecule has 0 fully saturated rings. The van der Waals surface area contributed by atoms with Crippen LogP contribution in [-0.2, 0) is 28.2 Å². The second-order valence-corrected chi connectivity index (χ2v) is 7.96. The zero-order chi connectivity index (χ0) is 15.2. The molecule has 21 heavy (non-hydrogen) atoms. The molecule has 0 saturated carbocycles. The van der Waals surface area contributed by atoms with Gasteiger partial charge in [-0.2, -0.15) is 0 Å². The number of rotatable bonds is 6. The van der Waals surface area contributed by atoms with Crippen LogP contribution in [0.2, 0.25) is 0 Å². The summed E-state index contributed by atoms with van der Waals surface area (Å²) in [6, 6.07) is 17.6. The van der Waals surface area contributed by atoms with Crippen molar-refractivity contribution in [2.24, 2.45) is 0 Å². The van der Waals surface area contributed by atoms with Crippen molar-refractivity contribution in [2.45, 2.75) is 9.62 Å². The molecule has 3 heteroatoms. The molecule has 0 atom stereocenters. The summed E-state index contributed by atoms with van der Waals surface area (Å²) < 4.78 is 0. The Bertz CT molecular complexity index is 527. The molecule has 0 radical (unpaired) electrons. The molecule has 0 aliphatic rings. The molecule has 2 aromatic rings. The predicted octanol–water partition coefficient (Wildman–Crippen LogP) is 3.60. The molecule has 0 N–H and O–H groups in total. The van der Waals surface area contributed by atoms with Gasteiger partial charge in [0.15, 0.2) is 0 Å². The molecule has 0 spiro atoms. The third-order valence-electron chi connectivity index (χ3n) is 3.46. The molecule has 0 aliphatic heterocycles. The Balaban J connectivity index is 2.03. The Kier molecular flexibility index (Phi) is 5.87. The quantitative estimate of drug-likeness (QED) is 0.723. The van der Waals surface area contributed by atoms with E-state index in [0.717, 1.165) is 0 Å². The van der Waals surface area contributed by atoms with E-state index >= 15 is 0 Å². The number of hydrogen-bond donors (Lipinski definition) is 0. The van der Waals surface area contributed by atoms with Gasteiger partial charge in [0, 0.05) is 0 Å². The van der Waals surface area contributed by atoms with Gasteiger partial charge in [0.05, 0.1) is 0 Å². The SMILES string of the molecule is CN(C)c1ccccc1[CH2][Mo][CH2]c1ccccc1N(C)C. The molecule has 0 heterocycles. The van der Waals surface area contributed by atoms with Crippen LogP contribution in [0.15, 0.2) is 48.5 Å². The van der Waals surface area contributed by atoms with Gasteiger partial charge in [-0.15, -0.1) is 0 Å². The standard InChI is InChI=1S/2C9H12N.Mo/c2*1-8-6-4-5-7-9(8)10(2)3;/h2*4-7H,1H2,2-3H3;. The number of anilines is 2. The monoisotopic (exact) mass is 366 g/mol. The first-order valence-electron chi connectivity index (χ1n) is 7.18. The zero-order valence-electron chi connectivity index (χ0n) is 13.3. The first kappa shape index (κ1) is 16.1. The average molecular weight is 364 g/mol. The van der Waals surface area contributed by atoms with Gasteiger partial charge in [0.25, 0.3) is 0 Å². The first-order valence-corrected chi connectivity index (χ1v) is 10.0. The Morgan fingerprint density at radius 1 is 0.667 bits per heavy atom. The average Bonchev–Trinajstić information content (AvgIpc) is 2.48. The topological polar surface area (TPSA) is 6.48 Å². The van der Waals surface area contributed by atoms with E-state index in [-0.39, 0.29) is 18.6 Å². The molecular weight excluding hydrogens is 340 g/mol. The first-order chi connectivity index (χ1) is 10.1. The molecule has 0 bridgehead atoms. The van der Waals surface area contributed by atoms with Gasteiger partial charge in [0.2, 0.25) is 0 Å². The van der Waals surface area contributed by atoms with Crippen LogP contribution in [0.5, 0.6) is 0 Å². The summed E-state index contributed by atoms with van der Waals surface area (Å²) in [5, 5.41) is 0. The van der Waals surface area contributed by atoms with Gasteiger partial charge in [0.1, 0.15) is 0 Å². The zero-order valence-corrected chi connectivity index (χ0v) is 15.3. The van der Waals surface area contributed by atoms with Crippen LogP contribution in [0.1, 0.15) is 11.1 Å². The van der Waals surface area contributed by atoms with Crippen LogP contribution in [-0.4, -0.2) is 28.2 Å². The summed E-state index contributed by atoms with van der Waals surface area (Å²) in [4.78, 5) is 6.94. The molecule has 0 unspecified atom stereocenters. The van der Waals surface area contributed by atoms with Gasteiger partial charge in [-0.3, -0.25) is 0 Å². The van der Waals surface area contributed by atoms with Crippen LogP contribution in [0.25, 0.3) is 0 Å².